The first kappa shape index (κ1) is 18.5. The molecule has 28 heavy (non-hydrogen) atoms. The average Bonchev–Trinajstić information content (AvgIpc) is 2.87. The predicted molar refractivity (Wildman–Crippen MR) is 112 cm³/mol. The molecule has 0 N–H and O–H groups in total. The van der Waals surface area contributed by atoms with Gasteiger partial charge in [0.2, 0.25) is 11.9 Å². The topological polar surface area (TPSA) is 55.8 Å². The fourth-order valence-corrected chi connectivity index (χ4v) is 4.02. The van der Waals surface area contributed by atoms with Crippen LogP contribution < -0.4 is 14.7 Å². The highest BCUT2D eigenvalue weighted by Crippen LogP contribution is 2.33. The Labute approximate surface area is 166 Å². The molecule has 2 aromatic rings. The molecule has 148 valence electrons. The zero-order valence-corrected chi connectivity index (χ0v) is 16.7. The third kappa shape index (κ3) is 3.74. The Morgan fingerprint density at radius 1 is 1.00 bits per heavy atom. The van der Waals surface area contributed by atoms with Crippen molar-refractivity contribution in [2.75, 3.05) is 61.0 Å². The van der Waals surface area contributed by atoms with Crippen LogP contribution in [0, 0.1) is 0 Å². The van der Waals surface area contributed by atoms with Crippen LogP contribution in [0.5, 0.6) is 0 Å². The number of nitrogens with zero attached hydrogens (tertiary/aromatic N) is 6. The van der Waals surface area contributed by atoms with E-state index in [2.05, 4.69) is 62.9 Å². The van der Waals surface area contributed by atoms with Crippen LogP contribution in [-0.4, -0.2) is 73.1 Å². The van der Waals surface area contributed by atoms with Gasteiger partial charge >= 0.3 is 0 Å². The Bertz CT molecular complexity index is 806. The minimum absolute atomic E-state index is 0.194. The van der Waals surface area contributed by atoms with Crippen LogP contribution in [-0.2, 0) is 4.79 Å². The van der Waals surface area contributed by atoms with Crippen molar-refractivity contribution in [3.05, 3.63) is 42.7 Å². The maximum Gasteiger partial charge on any atom is 0.242 e. The highest BCUT2D eigenvalue weighted by atomic mass is 16.2. The van der Waals surface area contributed by atoms with Gasteiger partial charge in [-0.15, -0.1) is 0 Å². The zero-order chi connectivity index (χ0) is 19.5. The van der Waals surface area contributed by atoms with Gasteiger partial charge in [0.05, 0.1) is 17.9 Å². The Morgan fingerprint density at radius 2 is 1.68 bits per heavy atom. The highest BCUT2D eigenvalue weighted by molar-refractivity contribution is 5.84. The summed E-state index contributed by atoms with van der Waals surface area (Å²) in [5.41, 5.74) is 2.35. The summed E-state index contributed by atoms with van der Waals surface area (Å²) in [5, 5.41) is 0. The number of para-hydroxylation sites is 2. The monoisotopic (exact) mass is 380 g/mol. The fourth-order valence-electron chi connectivity index (χ4n) is 4.02. The van der Waals surface area contributed by atoms with E-state index in [0.29, 0.717) is 25.7 Å². The van der Waals surface area contributed by atoms with Crippen LogP contribution in [0.2, 0.25) is 0 Å². The van der Waals surface area contributed by atoms with Gasteiger partial charge in [0.1, 0.15) is 0 Å². The molecule has 1 atom stereocenters. The molecule has 1 unspecified atom stereocenters. The molecule has 3 heterocycles. The molecule has 0 aliphatic carbocycles. The van der Waals surface area contributed by atoms with Crippen LogP contribution in [0.4, 0.5) is 17.3 Å². The van der Waals surface area contributed by atoms with Crippen molar-refractivity contribution in [1.29, 1.82) is 0 Å². The van der Waals surface area contributed by atoms with E-state index in [0.717, 1.165) is 37.7 Å². The smallest absolute Gasteiger partial charge is 0.242 e. The second-order valence-corrected chi connectivity index (χ2v) is 7.59. The molecular weight excluding hydrogens is 352 g/mol. The molecule has 2 aliphatic heterocycles. The number of benzene rings is 1. The summed E-state index contributed by atoms with van der Waals surface area (Å²) in [4.78, 5) is 30.4. The van der Waals surface area contributed by atoms with Crippen LogP contribution in [0.1, 0.15) is 13.3 Å². The zero-order valence-electron chi connectivity index (χ0n) is 16.7. The average molecular weight is 380 g/mol. The van der Waals surface area contributed by atoms with Crippen molar-refractivity contribution < 1.29 is 4.79 Å². The molecule has 1 amide bonds. The molecule has 1 aromatic carbocycles. The van der Waals surface area contributed by atoms with Crippen molar-refractivity contribution in [2.45, 2.75) is 19.4 Å². The molecule has 0 spiro atoms. The summed E-state index contributed by atoms with van der Waals surface area (Å²) in [7, 11) is 2.13. The second-order valence-electron chi connectivity index (χ2n) is 7.59. The maximum absolute atomic E-state index is 13.1. The van der Waals surface area contributed by atoms with Gasteiger partial charge in [-0.25, -0.2) is 9.97 Å². The molecule has 1 saturated heterocycles. The number of anilines is 3. The number of rotatable bonds is 3. The van der Waals surface area contributed by atoms with Gasteiger partial charge in [-0.2, -0.15) is 0 Å². The number of hydrogen-bond acceptors (Lipinski definition) is 6. The van der Waals surface area contributed by atoms with Gasteiger partial charge in [0.15, 0.2) is 0 Å². The third-order valence-electron chi connectivity index (χ3n) is 5.79. The lowest BCUT2D eigenvalue weighted by molar-refractivity contribution is -0.130. The molecule has 4 rings (SSSR count). The van der Waals surface area contributed by atoms with Crippen molar-refractivity contribution in [3.8, 4) is 0 Å². The van der Waals surface area contributed by atoms with E-state index in [1.807, 2.05) is 11.0 Å². The third-order valence-corrected chi connectivity index (χ3v) is 5.79. The van der Waals surface area contributed by atoms with Gasteiger partial charge in [0.25, 0.3) is 0 Å². The number of fused-ring (bicyclic) bond motifs is 1. The molecule has 0 bridgehead atoms. The summed E-state index contributed by atoms with van der Waals surface area (Å²) in [6.45, 7) is 6.59. The Morgan fingerprint density at radius 3 is 2.39 bits per heavy atom. The van der Waals surface area contributed by atoms with Crippen LogP contribution in [0.25, 0.3) is 0 Å². The van der Waals surface area contributed by atoms with Gasteiger partial charge in [-0.3, -0.25) is 4.79 Å². The quantitative estimate of drug-likeness (QED) is 0.810. The van der Waals surface area contributed by atoms with Crippen molar-refractivity contribution >= 4 is 23.2 Å². The Balaban J connectivity index is 1.43. The summed E-state index contributed by atoms with van der Waals surface area (Å²) in [6.07, 6.45) is 4.56. The number of carbonyl (C=O) groups is 1. The van der Waals surface area contributed by atoms with Crippen molar-refractivity contribution in [3.63, 3.8) is 0 Å². The van der Waals surface area contributed by atoms with E-state index in [1.54, 1.807) is 12.4 Å². The van der Waals surface area contributed by atoms with E-state index >= 15 is 0 Å². The normalized spacial score (nSPS) is 20.0. The second kappa shape index (κ2) is 8.04. The first-order chi connectivity index (χ1) is 13.6. The molecular formula is C21H28N6O. The highest BCUT2D eigenvalue weighted by Gasteiger charge is 2.28. The minimum atomic E-state index is 0.194. The number of aromatic nitrogens is 2. The number of carbonyl (C=O) groups excluding carboxylic acids is 1. The van der Waals surface area contributed by atoms with E-state index in [9.17, 15) is 4.79 Å². The first-order valence-electron chi connectivity index (χ1n) is 10.00. The molecule has 0 radical (unpaired) electrons. The molecule has 1 aromatic heterocycles. The molecule has 1 fully saturated rings. The molecule has 7 heteroatoms. The lowest BCUT2D eigenvalue weighted by Gasteiger charge is -2.37. The largest absolute Gasteiger partial charge is 0.373 e. The van der Waals surface area contributed by atoms with Gasteiger partial charge in [-0.05, 0) is 31.5 Å². The molecule has 0 saturated carbocycles. The van der Waals surface area contributed by atoms with Gasteiger partial charge in [0, 0.05) is 58.2 Å². The van der Waals surface area contributed by atoms with E-state index < -0.39 is 0 Å². The van der Waals surface area contributed by atoms with Crippen LogP contribution in [0.3, 0.4) is 0 Å². The molecule has 2 aliphatic rings. The van der Waals surface area contributed by atoms with Crippen molar-refractivity contribution in [1.82, 2.24) is 14.9 Å². The van der Waals surface area contributed by atoms with E-state index in [-0.39, 0.29) is 5.91 Å². The Hall–Kier alpha value is -2.83. The Kier molecular flexibility index (Phi) is 5.32. The van der Waals surface area contributed by atoms with Crippen LogP contribution >= 0.6 is 0 Å². The lowest BCUT2D eigenvalue weighted by atomic mass is 10.1. The summed E-state index contributed by atoms with van der Waals surface area (Å²) in [5.74, 6) is 0.938. The fraction of sp³-hybridized carbons (Fsp3) is 0.476. The SMILES string of the molecule is CC1CCN(C)c2ccccc2N1CC(=O)N1CCN(c2ncccn2)CC1. The number of amides is 1. The predicted octanol–water partition coefficient (Wildman–Crippen LogP) is 1.86. The number of hydrogen-bond donors (Lipinski definition) is 0. The summed E-state index contributed by atoms with van der Waals surface area (Å²) < 4.78 is 0. The maximum atomic E-state index is 13.1. The first-order valence-corrected chi connectivity index (χ1v) is 10.00. The molecule has 7 nitrogen and oxygen atoms in total. The van der Waals surface area contributed by atoms with E-state index in [1.165, 1.54) is 5.69 Å². The van der Waals surface area contributed by atoms with Gasteiger partial charge < -0.3 is 19.6 Å². The van der Waals surface area contributed by atoms with Crippen LogP contribution in [0.15, 0.2) is 42.7 Å². The summed E-state index contributed by atoms with van der Waals surface area (Å²) in [6, 6.07) is 10.5. The van der Waals surface area contributed by atoms with E-state index in [4.69, 9.17) is 0 Å². The van der Waals surface area contributed by atoms with Gasteiger partial charge in [-0.1, -0.05) is 12.1 Å². The van der Waals surface area contributed by atoms with Crippen molar-refractivity contribution in [2.24, 2.45) is 0 Å². The minimum Gasteiger partial charge on any atom is -0.373 e. The standard InChI is InChI=1S/C21H28N6O/c1-17-8-11-24(2)18-6-3-4-7-19(18)27(17)16-20(28)25-12-14-26(15-13-25)21-22-9-5-10-23-21/h3-7,9-10,17H,8,11-16H2,1-2H3. The number of piperazine rings is 1. The summed E-state index contributed by atoms with van der Waals surface area (Å²) >= 11 is 0. The lowest BCUT2D eigenvalue weighted by Crippen LogP contribution is -2.52.